The number of carbonyl (C=O) groups excluding carboxylic acids is 2. The van der Waals surface area contributed by atoms with E-state index in [2.05, 4.69) is 10.3 Å². The van der Waals surface area contributed by atoms with Crippen molar-refractivity contribution in [2.75, 3.05) is 19.6 Å². The normalized spacial score (nSPS) is 15.9. The number of nitrogens with one attached hydrogen (secondary N) is 1. The van der Waals surface area contributed by atoms with Crippen LogP contribution in [-0.2, 0) is 16.0 Å². The molecule has 1 saturated heterocycles. The Balaban J connectivity index is 1.62. The zero-order valence-electron chi connectivity index (χ0n) is 12.6. The minimum absolute atomic E-state index is 0.00231. The van der Waals surface area contributed by atoms with E-state index in [4.69, 9.17) is 0 Å². The van der Waals surface area contributed by atoms with Gasteiger partial charge in [0.2, 0.25) is 11.8 Å². The fourth-order valence-corrected chi connectivity index (χ4v) is 3.10. The van der Waals surface area contributed by atoms with Gasteiger partial charge in [0, 0.05) is 31.4 Å². The lowest BCUT2D eigenvalue weighted by atomic mass is 10.2. The molecule has 21 heavy (non-hydrogen) atoms. The average molecular weight is 309 g/mol. The Labute approximate surface area is 129 Å². The van der Waals surface area contributed by atoms with Crippen LogP contribution in [0.1, 0.15) is 42.8 Å². The van der Waals surface area contributed by atoms with Gasteiger partial charge in [0.1, 0.15) is 0 Å². The summed E-state index contributed by atoms with van der Waals surface area (Å²) in [7, 11) is 0. The predicted molar refractivity (Wildman–Crippen MR) is 83.2 cm³/mol. The van der Waals surface area contributed by atoms with Crippen molar-refractivity contribution in [3.63, 3.8) is 0 Å². The van der Waals surface area contributed by atoms with Crippen LogP contribution in [0.15, 0.2) is 5.38 Å². The van der Waals surface area contributed by atoms with Crippen LogP contribution in [0, 0.1) is 6.92 Å². The molecule has 0 unspecified atom stereocenters. The molecular weight excluding hydrogens is 286 g/mol. The standard InChI is InChI=1S/C15H23N3O2S/c1-12-17-13(11-21-12)10-14(19)16-7-5-9-18-8-4-2-3-6-15(18)20/h11H,2-10H2,1H3,(H,16,19). The zero-order chi connectivity index (χ0) is 15.1. The van der Waals surface area contributed by atoms with E-state index in [1.54, 1.807) is 11.3 Å². The third-order valence-electron chi connectivity index (χ3n) is 3.61. The Kier molecular flexibility index (Phi) is 6.17. The van der Waals surface area contributed by atoms with Gasteiger partial charge in [0.05, 0.1) is 17.1 Å². The van der Waals surface area contributed by atoms with Crippen molar-refractivity contribution in [1.29, 1.82) is 0 Å². The number of thiazole rings is 1. The maximum atomic E-state index is 11.8. The molecule has 2 amide bonds. The molecule has 1 fully saturated rings. The van der Waals surface area contributed by atoms with Gasteiger partial charge in [-0.25, -0.2) is 4.98 Å². The van der Waals surface area contributed by atoms with Crippen molar-refractivity contribution < 1.29 is 9.59 Å². The van der Waals surface area contributed by atoms with Gasteiger partial charge < -0.3 is 10.2 Å². The molecule has 1 aliphatic heterocycles. The van der Waals surface area contributed by atoms with Gasteiger partial charge >= 0.3 is 0 Å². The summed E-state index contributed by atoms with van der Waals surface area (Å²) >= 11 is 1.56. The smallest absolute Gasteiger partial charge is 0.226 e. The molecule has 0 aromatic carbocycles. The molecule has 1 N–H and O–H groups in total. The second-order valence-corrected chi connectivity index (χ2v) is 6.49. The SMILES string of the molecule is Cc1nc(CC(=O)NCCCN2CCCCCC2=O)cs1. The van der Waals surface area contributed by atoms with E-state index in [1.807, 2.05) is 17.2 Å². The lowest BCUT2D eigenvalue weighted by Crippen LogP contribution is -2.34. The number of amides is 2. The molecule has 0 saturated carbocycles. The van der Waals surface area contributed by atoms with Crippen LogP contribution in [0.3, 0.4) is 0 Å². The van der Waals surface area contributed by atoms with Crippen LogP contribution in [0.25, 0.3) is 0 Å². The number of carbonyl (C=O) groups is 2. The van der Waals surface area contributed by atoms with E-state index in [9.17, 15) is 9.59 Å². The van der Waals surface area contributed by atoms with Crippen LogP contribution in [0.5, 0.6) is 0 Å². The molecule has 0 atom stereocenters. The highest BCUT2D eigenvalue weighted by molar-refractivity contribution is 7.09. The summed E-state index contributed by atoms with van der Waals surface area (Å²) in [6, 6.07) is 0. The molecule has 5 nitrogen and oxygen atoms in total. The first-order valence-electron chi connectivity index (χ1n) is 7.60. The molecule has 116 valence electrons. The lowest BCUT2D eigenvalue weighted by Gasteiger charge is -2.20. The van der Waals surface area contributed by atoms with Crippen LogP contribution in [0.2, 0.25) is 0 Å². The lowest BCUT2D eigenvalue weighted by molar-refractivity contribution is -0.130. The van der Waals surface area contributed by atoms with Gasteiger partial charge in [-0.3, -0.25) is 9.59 Å². The summed E-state index contributed by atoms with van der Waals surface area (Å²) in [4.78, 5) is 29.8. The van der Waals surface area contributed by atoms with Crippen LogP contribution >= 0.6 is 11.3 Å². The van der Waals surface area contributed by atoms with E-state index in [1.165, 1.54) is 0 Å². The maximum Gasteiger partial charge on any atom is 0.226 e. The van der Waals surface area contributed by atoms with Gasteiger partial charge in [-0.1, -0.05) is 6.42 Å². The van der Waals surface area contributed by atoms with Gasteiger partial charge in [-0.2, -0.15) is 0 Å². The Bertz CT molecular complexity index is 487. The summed E-state index contributed by atoms with van der Waals surface area (Å²) in [5, 5.41) is 5.80. The Morgan fingerprint density at radius 2 is 2.29 bits per heavy atom. The summed E-state index contributed by atoms with van der Waals surface area (Å²) < 4.78 is 0. The Morgan fingerprint density at radius 3 is 3.05 bits per heavy atom. The molecule has 0 radical (unpaired) electrons. The molecule has 2 rings (SSSR count). The van der Waals surface area contributed by atoms with Crippen LogP contribution < -0.4 is 5.32 Å². The minimum atomic E-state index is 0.00231. The zero-order valence-corrected chi connectivity index (χ0v) is 13.4. The number of likely N-dealkylation sites (tertiary alicyclic amines) is 1. The number of aromatic nitrogens is 1. The van der Waals surface area contributed by atoms with Gasteiger partial charge in [-0.15, -0.1) is 11.3 Å². The van der Waals surface area contributed by atoms with Crippen molar-refractivity contribution in [3.05, 3.63) is 16.1 Å². The van der Waals surface area contributed by atoms with Crippen molar-refractivity contribution in [2.24, 2.45) is 0 Å². The number of nitrogens with zero attached hydrogens (tertiary/aromatic N) is 2. The Hall–Kier alpha value is -1.43. The summed E-state index contributed by atoms with van der Waals surface area (Å²) in [5.41, 5.74) is 0.831. The third-order valence-corrected chi connectivity index (χ3v) is 4.43. The molecule has 2 heterocycles. The molecule has 1 aromatic heterocycles. The van der Waals surface area contributed by atoms with Crippen LogP contribution in [0.4, 0.5) is 0 Å². The van der Waals surface area contributed by atoms with Crippen molar-refractivity contribution in [1.82, 2.24) is 15.2 Å². The van der Waals surface area contributed by atoms with E-state index < -0.39 is 0 Å². The van der Waals surface area contributed by atoms with Gasteiger partial charge in [-0.05, 0) is 26.2 Å². The van der Waals surface area contributed by atoms with E-state index in [-0.39, 0.29) is 11.8 Å². The maximum absolute atomic E-state index is 11.8. The van der Waals surface area contributed by atoms with Crippen molar-refractivity contribution in [3.8, 4) is 0 Å². The first-order valence-corrected chi connectivity index (χ1v) is 8.48. The van der Waals surface area contributed by atoms with E-state index >= 15 is 0 Å². The first-order chi connectivity index (χ1) is 10.1. The molecule has 6 heteroatoms. The van der Waals surface area contributed by atoms with Crippen LogP contribution in [-0.4, -0.2) is 41.3 Å². The monoisotopic (exact) mass is 309 g/mol. The summed E-state index contributed by atoms with van der Waals surface area (Å²) in [5.74, 6) is 0.263. The van der Waals surface area contributed by atoms with Crippen molar-refractivity contribution >= 4 is 23.2 Å². The molecule has 1 aromatic rings. The molecule has 0 spiro atoms. The highest BCUT2D eigenvalue weighted by Crippen LogP contribution is 2.11. The molecule has 1 aliphatic rings. The molecular formula is C15H23N3O2S. The topological polar surface area (TPSA) is 62.3 Å². The third kappa shape index (κ3) is 5.46. The van der Waals surface area contributed by atoms with Gasteiger partial charge in [0.25, 0.3) is 0 Å². The highest BCUT2D eigenvalue weighted by atomic mass is 32.1. The molecule has 0 bridgehead atoms. The molecule has 0 aliphatic carbocycles. The Morgan fingerprint density at radius 1 is 1.43 bits per heavy atom. The number of aryl methyl sites for hydroxylation is 1. The van der Waals surface area contributed by atoms with Gasteiger partial charge in [0.15, 0.2) is 0 Å². The van der Waals surface area contributed by atoms with Crippen molar-refractivity contribution in [2.45, 2.75) is 45.4 Å². The second-order valence-electron chi connectivity index (χ2n) is 5.43. The quantitative estimate of drug-likeness (QED) is 0.816. The summed E-state index contributed by atoms with van der Waals surface area (Å²) in [6.45, 7) is 4.16. The minimum Gasteiger partial charge on any atom is -0.356 e. The van der Waals surface area contributed by atoms with E-state index in [0.29, 0.717) is 19.4 Å². The second kappa shape index (κ2) is 8.12. The first kappa shape index (κ1) is 15.9. The highest BCUT2D eigenvalue weighted by Gasteiger charge is 2.15. The van der Waals surface area contributed by atoms with E-state index in [0.717, 1.165) is 49.5 Å². The predicted octanol–water partition coefficient (Wildman–Crippen LogP) is 1.90. The fraction of sp³-hybridized carbons (Fsp3) is 0.667. The number of rotatable bonds is 6. The fourth-order valence-electron chi connectivity index (χ4n) is 2.49. The summed E-state index contributed by atoms with van der Waals surface area (Å²) in [6.07, 6.45) is 5.09. The number of hydrogen-bond donors (Lipinski definition) is 1. The largest absolute Gasteiger partial charge is 0.356 e. The average Bonchev–Trinajstić information content (AvgIpc) is 2.74. The number of hydrogen-bond acceptors (Lipinski definition) is 4.